The number of hydrogen-bond donors (Lipinski definition) is 2. The molecule has 1 aliphatic heterocycles. The van der Waals surface area contributed by atoms with Gasteiger partial charge in [0.25, 0.3) is 0 Å². The lowest BCUT2D eigenvalue weighted by Gasteiger charge is -2.34. The van der Waals surface area contributed by atoms with Crippen molar-refractivity contribution in [3.05, 3.63) is 23.8 Å². The minimum atomic E-state index is -0.501. The van der Waals surface area contributed by atoms with E-state index in [-0.39, 0.29) is 18.4 Å². The third kappa shape index (κ3) is 1.98. The van der Waals surface area contributed by atoms with Gasteiger partial charge in [-0.3, -0.25) is 14.9 Å². The molecule has 1 heterocycles. The summed E-state index contributed by atoms with van der Waals surface area (Å²) in [5, 5.41) is 11.1. The number of benzene rings is 1. The van der Waals surface area contributed by atoms with Crippen LogP contribution in [0.5, 0.6) is 0 Å². The summed E-state index contributed by atoms with van der Waals surface area (Å²) in [5.74, 6) is -0.743. The quantitative estimate of drug-likeness (QED) is 0.534. The first-order valence-electron chi connectivity index (χ1n) is 5.43. The monoisotopic (exact) mass is 244 g/mol. The molecule has 0 aliphatic carbocycles. The van der Waals surface area contributed by atoms with E-state index < -0.39 is 6.04 Å². The number of nitrogen functional groups attached to an aromatic ring is 1. The number of imide groups is 1. The number of rotatable bonds is 1. The van der Waals surface area contributed by atoms with Crippen LogP contribution in [0.3, 0.4) is 0 Å². The predicted molar refractivity (Wildman–Crippen MR) is 65.5 cm³/mol. The van der Waals surface area contributed by atoms with Crippen LogP contribution in [0.15, 0.2) is 18.2 Å². The van der Waals surface area contributed by atoms with E-state index in [9.17, 15) is 9.59 Å². The molecule has 92 valence electrons. The van der Waals surface area contributed by atoms with Gasteiger partial charge in [-0.2, -0.15) is 5.26 Å². The summed E-state index contributed by atoms with van der Waals surface area (Å²) in [6.45, 7) is 1.73. The zero-order chi connectivity index (χ0) is 13.3. The van der Waals surface area contributed by atoms with Crippen LogP contribution in [-0.2, 0) is 9.59 Å². The van der Waals surface area contributed by atoms with Gasteiger partial charge in [-0.15, -0.1) is 0 Å². The smallest absolute Gasteiger partial charge is 0.249 e. The Bertz CT molecular complexity index is 562. The van der Waals surface area contributed by atoms with Gasteiger partial charge in [0.05, 0.1) is 29.6 Å². The number of nitriles is 1. The minimum Gasteiger partial charge on any atom is -0.397 e. The van der Waals surface area contributed by atoms with Crippen LogP contribution in [0.1, 0.15) is 12.5 Å². The van der Waals surface area contributed by atoms with Crippen molar-refractivity contribution in [1.29, 1.82) is 5.26 Å². The van der Waals surface area contributed by atoms with E-state index in [1.54, 1.807) is 30.0 Å². The molecule has 1 saturated heterocycles. The zero-order valence-corrected chi connectivity index (χ0v) is 9.80. The minimum absolute atomic E-state index is 0.0476. The number of piperazine rings is 1. The van der Waals surface area contributed by atoms with Crippen LogP contribution < -0.4 is 16.0 Å². The van der Waals surface area contributed by atoms with Gasteiger partial charge in [0.1, 0.15) is 6.04 Å². The summed E-state index contributed by atoms with van der Waals surface area (Å²) in [6, 6.07) is 6.27. The average Bonchev–Trinajstić information content (AvgIpc) is 2.34. The maximum Gasteiger partial charge on any atom is 0.249 e. The van der Waals surface area contributed by atoms with E-state index in [2.05, 4.69) is 5.32 Å². The van der Waals surface area contributed by atoms with Gasteiger partial charge >= 0.3 is 0 Å². The van der Waals surface area contributed by atoms with E-state index in [1.165, 1.54) is 0 Å². The summed E-state index contributed by atoms with van der Waals surface area (Å²) in [6.07, 6.45) is 0. The number of anilines is 2. The van der Waals surface area contributed by atoms with E-state index >= 15 is 0 Å². The lowest BCUT2D eigenvalue weighted by atomic mass is 10.1. The Morgan fingerprint density at radius 1 is 1.50 bits per heavy atom. The van der Waals surface area contributed by atoms with Gasteiger partial charge < -0.3 is 10.6 Å². The summed E-state index contributed by atoms with van der Waals surface area (Å²) >= 11 is 0. The second kappa shape index (κ2) is 4.37. The molecular formula is C12H12N4O2. The predicted octanol–water partition coefficient (Wildman–Crippen LogP) is -0.00822. The van der Waals surface area contributed by atoms with Gasteiger partial charge in [0.15, 0.2) is 0 Å². The first-order valence-corrected chi connectivity index (χ1v) is 5.43. The molecule has 1 aromatic carbocycles. The van der Waals surface area contributed by atoms with E-state index in [0.717, 1.165) is 0 Å². The Labute approximate surface area is 104 Å². The molecule has 1 atom stereocenters. The van der Waals surface area contributed by atoms with Crippen LogP contribution in [0.2, 0.25) is 0 Å². The highest BCUT2D eigenvalue weighted by Crippen LogP contribution is 2.27. The molecule has 3 N–H and O–H groups in total. The molecule has 1 aromatic rings. The Kier molecular flexibility index (Phi) is 2.90. The van der Waals surface area contributed by atoms with Crippen molar-refractivity contribution in [2.24, 2.45) is 0 Å². The fourth-order valence-electron chi connectivity index (χ4n) is 1.87. The molecule has 6 nitrogen and oxygen atoms in total. The van der Waals surface area contributed by atoms with Crippen molar-refractivity contribution in [2.45, 2.75) is 13.0 Å². The van der Waals surface area contributed by atoms with E-state index in [4.69, 9.17) is 11.0 Å². The highest BCUT2D eigenvalue weighted by Gasteiger charge is 2.31. The zero-order valence-electron chi connectivity index (χ0n) is 9.80. The molecule has 2 amide bonds. The molecule has 18 heavy (non-hydrogen) atoms. The molecule has 0 spiro atoms. The topological polar surface area (TPSA) is 99.2 Å². The van der Waals surface area contributed by atoms with E-state index in [0.29, 0.717) is 16.9 Å². The molecule has 2 rings (SSSR count). The highest BCUT2D eigenvalue weighted by molar-refractivity contribution is 6.05. The summed E-state index contributed by atoms with van der Waals surface area (Å²) in [4.78, 5) is 24.6. The lowest BCUT2D eigenvalue weighted by molar-refractivity contribution is -0.132. The summed E-state index contributed by atoms with van der Waals surface area (Å²) < 4.78 is 0. The van der Waals surface area contributed by atoms with Crippen molar-refractivity contribution < 1.29 is 9.59 Å². The molecule has 0 bridgehead atoms. The second-order valence-electron chi connectivity index (χ2n) is 4.10. The molecule has 1 fully saturated rings. The van der Waals surface area contributed by atoms with Gasteiger partial charge in [0.2, 0.25) is 11.8 Å². The highest BCUT2D eigenvalue weighted by atomic mass is 16.2. The maximum absolute atomic E-state index is 11.6. The van der Waals surface area contributed by atoms with E-state index in [1.807, 2.05) is 6.07 Å². The standard InChI is InChI=1S/C12H12N4O2/c1-7-12(18)15-11(17)6-16(7)10-4-8(5-13)2-3-9(10)14/h2-4,7H,6,14H2,1H3,(H,15,17,18). The molecule has 1 aliphatic rings. The number of carbonyl (C=O) groups is 2. The van der Waals surface area contributed by atoms with Crippen LogP contribution in [0.25, 0.3) is 0 Å². The van der Waals surface area contributed by atoms with Crippen LogP contribution in [0.4, 0.5) is 11.4 Å². The summed E-state index contributed by atoms with van der Waals surface area (Å²) in [5.41, 5.74) is 7.23. The maximum atomic E-state index is 11.6. The molecule has 0 radical (unpaired) electrons. The third-order valence-corrected chi connectivity index (χ3v) is 2.89. The largest absolute Gasteiger partial charge is 0.397 e. The number of hydrogen-bond acceptors (Lipinski definition) is 5. The average molecular weight is 244 g/mol. The molecule has 1 unspecified atom stereocenters. The third-order valence-electron chi connectivity index (χ3n) is 2.89. The lowest BCUT2D eigenvalue weighted by Crippen LogP contribution is -2.57. The number of nitrogens with two attached hydrogens (primary N) is 1. The fraction of sp³-hybridized carbons (Fsp3) is 0.250. The van der Waals surface area contributed by atoms with Crippen molar-refractivity contribution in [1.82, 2.24) is 5.32 Å². The SMILES string of the molecule is CC1C(=O)NC(=O)CN1c1cc(C#N)ccc1N. The molecular weight excluding hydrogens is 232 g/mol. The number of nitrogens with one attached hydrogen (secondary N) is 1. The van der Waals surface area contributed by atoms with Crippen molar-refractivity contribution in [3.8, 4) is 6.07 Å². The van der Waals surface area contributed by atoms with Gasteiger partial charge in [-0.25, -0.2) is 0 Å². The Morgan fingerprint density at radius 2 is 2.22 bits per heavy atom. The Balaban J connectivity index is 2.44. The summed E-state index contributed by atoms with van der Waals surface area (Å²) in [7, 11) is 0. The van der Waals surface area contributed by atoms with Gasteiger partial charge in [0, 0.05) is 0 Å². The normalized spacial score (nSPS) is 19.3. The van der Waals surface area contributed by atoms with Gasteiger partial charge in [-0.1, -0.05) is 0 Å². The first kappa shape index (κ1) is 11.9. The number of amides is 2. The number of carbonyl (C=O) groups excluding carboxylic acids is 2. The molecule has 6 heteroatoms. The van der Waals surface area contributed by atoms with Crippen LogP contribution in [-0.4, -0.2) is 24.4 Å². The Hall–Kier alpha value is -2.55. The van der Waals surface area contributed by atoms with Crippen molar-refractivity contribution in [2.75, 3.05) is 17.2 Å². The van der Waals surface area contributed by atoms with Crippen molar-refractivity contribution in [3.63, 3.8) is 0 Å². The second-order valence-corrected chi connectivity index (χ2v) is 4.10. The fourth-order valence-corrected chi connectivity index (χ4v) is 1.87. The number of nitrogens with zero attached hydrogens (tertiary/aromatic N) is 2. The van der Waals surface area contributed by atoms with Crippen LogP contribution >= 0.6 is 0 Å². The van der Waals surface area contributed by atoms with Gasteiger partial charge in [-0.05, 0) is 25.1 Å². The molecule has 0 saturated carbocycles. The van der Waals surface area contributed by atoms with Crippen molar-refractivity contribution >= 4 is 23.2 Å². The first-order chi connectivity index (χ1) is 8.52. The molecule has 0 aromatic heterocycles. The van der Waals surface area contributed by atoms with Crippen LogP contribution in [0, 0.1) is 11.3 Å². The Morgan fingerprint density at radius 3 is 2.89 bits per heavy atom.